The van der Waals surface area contributed by atoms with Crippen LogP contribution in [0.2, 0.25) is 0 Å². The summed E-state index contributed by atoms with van der Waals surface area (Å²) in [6.45, 7) is 3.40. The molecule has 0 bridgehead atoms. The van der Waals surface area contributed by atoms with Gasteiger partial charge in [-0.3, -0.25) is 25.1 Å². The van der Waals surface area contributed by atoms with Crippen LogP contribution in [0.5, 0.6) is 0 Å². The number of aryl methyl sites for hydroxylation is 2. The Morgan fingerprint density at radius 2 is 1.93 bits per heavy atom. The molecule has 1 aromatic heterocycles. The number of carbonyl (C=O) groups is 1. The third kappa shape index (κ3) is 4.01. The van der Waals surface area contributed by atoms with Gasteiger partial charge in [-0.15, -0.1) is 0 Å². The smallest absolute Gasteiger partial charge is 0.267 e. The predicted octanol–water partition coefficient (Wildman–Crippen LogP) is 2.60. The topological polar surface area (TPSA) is 131 Å². The first-order valence-corrected chi connectivity index (χ1v) is 8.48. The highest BCUT2D eigenvalue weighted by atomic mass is 16.6. The number of rotatable bonds is 4. The highest BCUT2D eigenvalue weighted by Crippen LogP contribution is 2.15. The van der Waals surface area contributed by atoms with Crippen LogP contribution in [-0.4, -0.2) is 20.5 Å². The minimum absolute atomic E-state index is 0.107. The number of non-ortho nitro benzene ring substituents is 1. The summed E-state index contributed by atoms with van der Waals surface area (Å²) in [6.07, 6.45) is 1.28. The van der Waals surface area contributed by atoms with Crippen LogP contribution in [0, 0.1) is 35.3 Å². The number of nitrogens with zero attached hydrogens (tertiary/aromatic N) is 4. The zero-order valence-corrected chi connectivity index (χ0v) is 15.5. The number of hydrogen-bond acceptors (Lipinski definition) is 6. The van der Waals surface area contributed by atoms with Gasteiger partial charge in [-0.2, -0.15) is 5.26 Å². The van der Waals surface area contributed by atoms with E-state index in [2.05, 4.69) is 10.4 Å². The van der Waals surface area contributed by atoms with Crippen molar-refractivity contribution in [3.8, 4) is 6.07 Å². The zero-order valence-electron chi connectivity index (χ0n) is 15.5. The van der Waals surface area contributed by atoms with E-state index in [4.69, 9.17) is 0 Å². The number of benzene rings is 2. The molecule has 0 fully saturated rings. The van der Waals surface area contributed by atoms with Crippen LogP contribution in [0.15, 0.2) is 52.8 Å². The first-order valence-electron chi connectivity index (χ1n) is 8.48. The molecule has 144 valence electrons. The second-order valence-electron chi connectivity index (χ2n) is 6.28. The maximum absolute atomic E-state index is 12.7. The lowest BCUT2D eigenvalue weighted by Gasteiger charge is -2.12. The van der Waals surface area contributed by atoms with E-state index in [1.54, 1.807) is 25.1 Å². The van der Waals surface area contributed by atoms with Crippen molar-refractivity contribution in [1.82, 2.24) is 9.66 Å². The summed E-state index contributed by atoms with van der Waals surface area (Å²) in [5, 5.41) is 20.4. The van der Waals surface area contributed by atoms with Crippen molar-refractivity contribution >= 4 is 28.6 Å². The molecule has 0 aliphatic heterocycles. The average molecular weight is 389 g/mol. The Hall–Kier alpha value is -4.32. The fraction of sp³-hybridized carbons (Fsp3) is 0.100. The quantitative estimate of drug-likeness (QED) is 0.316. The van der Waals surface area contributed by atoms with Gasteiger partial charge >= 0.3 is 0 Å². The van der Waals surface area contributed by atoms with E-state index >= 15 is 0 Å². The Labute approximate surface area is 164 Å². The number of hydrogen-bond donors (Lipinski definition) is 1. The van der Waals surface area contributed by atoms with Crippen LogP contribution in [0.4, 0.5) is 5.69 Å². The monoisotopic (exact) mass is 389 g/mol. The van der Waals surface area contributed by atoms with Gasteiger partial charge in [0.25, 0.3) is 17.2 Å². The minimum Gasteiger partial charge on any atom is -0.267 e. The largest absolute Gasteiger partial charge is 0.280 e. The summed E-state index contributed by atoms with van der Waals surface area (Å²) in [5.41, 5.74) is 3.36. The fourth-order valence-corrected chi connectivity index (χ4v) is 2.71. The van der Waals surface area contributed by atoms with Crippen molar-refractivity contribution in [2.24, 2.45) is 0 Å². The molecule has 0 aliphatic rings. The van der Waals surface area contributed by atoms with Crippen molar-refractivity contribution < 1.29 is 9.72 Å². The number of nitro benzene ring substituents is 1. The molecule has 0 saturated heterocycles. The van der Waals surface area contributed by atoms with Crippen LogP contribution >= 0.6 is 0 Å². The molecule has 9 nitrogen and oxygen atoms in total. The maximum atomic E-state index is 12.7. The predicted molar refractivity (Wildman–Crippen MR) is 107 cm³/mol. The van der Waals surface area contributed by atoms with Gasteiger partial charge in [0.15, 0.2) is 0 Å². The lowest BCUT2D eigenvalue weighted by Crippen LogP contribution is -2.36. The molecule has 0 atom stereocenters. The first-order chi connectivity index (χ1) is 13.8. The molecule has 0 radical (unpaired) electrons. The molecule has 0 aliphatic carbocycles. The molecule has 2 aromatic carbocycles. The van der Waals surface area contributed by atoms with E-state index in [1.807, 2.05) is 13.0 Å². The summed E-state index contributed by atoms with van der Waals surface area (Å²) in [5.74, 6) is -0.544. The molecule has 9 heteroatoms. The van der Waals surface area contributed by atoms with E-state index in [-0.39, 0.29) is 17.1 Å². The molecule has 3 rings (SSSR count). The zero-order chi connectivity index (χ0) is 21.1. The first kappa shape index (κ1) is 19.4. The molecule has 29 heavy (non-hydrogen) atoms. The van der Waals surface area contributed by atoms with Crippen molar-refractivity contribution in [3.05, 3.63) is 85.5 Å². The van der Waals surface area contributed by atoms with E-state index in [0.29, 0.717) is 16.5 Å². The van der Waals surface area contributed by atoms with Gasteiger partial charge in [0.05, 0.1) is 15.8 Å². The van der Waals surface area contributed by atoms with Gasteiger partial charge in [-0.05, 0) is 49.8 Å². The Balaban J connectivity index is 1.95. The number of amides is 1. The van der Waals surface area contributed by atoms with Crippen molar-refractivity contribution in [2.45, 2.75) is 13.8 Å². The molecular weight excluding hydrogens is 374 g/mol. The Morgan fingerprint density at radius 3 is 2.55 bits per heavy atom. The highest BCUT2D eigenvalue weighted by Gasteiger charge is 2.15. The molecule has 0 unspecified atom stereocenters. The fourth-order valence-electron chi connectivity index (χ4n) is 2.71. The van der Waals surface area contributed by atoms with Crippen LogP contribution in [0.1, 0.15) is 17.0 Å². The Bertz CT molecular complexity index is 1270. The summed E-state index contributed by atoms with van der Waals surface area (Å²) in [7, 11) is 0. The van der Waals surface area contributed by atoms with Crippen molar-refractivity contribution in [3.63, 3.8) is 0 Å². The maximum Gasteiger partial charge on any atom is 0.280 e. The molecule has 0 spiro atoms. The number of nitrogens with one attached hydrogen (secondary N) is 1. The third-order valence-corrected chi connectivity index (χ3v) is 4.18. The van der Waals surface area contributed by atoms with Gasteiger partial charge in [-0.1, -0.05) is 11.6 Å². The van der Waals surface area contributed by atoms with Crippen LogP contribution in [0.25, 0.3) is 17.0 Å². The number of nitro groups is 1. The van der Waals surface area contributed by atoms with E-state index in [1.165, 1.54) is 30.3 Å². The van der Waals surface area contributed by atoms with Crippen LogP contribution < -0.4 is 11.0 Å². The van der Waals surface area contributed by atoms with Crippen LogP contribution in [-0.2, 0) is 4.79 Å². The van der Waals surface area contributed by atoms with Crippen LogP contribution in [0.3, 0.4) is 0 Å². The number of nitriles is 1. The summed E-state index contributed by atoms with van der Waals surface area (Å²) < 4.78 is 0.991. The SMILES string of the molecule is Cc1ccc2nc(C)n(NC(=O)/C(C#N)=C/c3ccc([N+](=O)[O-])cc3)c(=O)c2c1. The number of aromatic nitrogens is 2. The minimum atomic E-state index is -0.801. The average Bonchev–Trinajstić information content (AvgIpc) is 2.70. The van der Waals surface area contributed by atoms with E-state index < -0.39 is 16.4 Å². The molecular formula is C20H15N5O4. The van der Waals surface area contributed by atoms with Gasteiger partial charge in [0.1, 0.15) is 17.5 Å². The normalized spacial score (nSPS) is 11.1. The molecule has 3 aromatic rings. The third-order valence-electron chi connectivity index (χ3n) is 4.18. The van der Waals surface area contributed by atoms with E-state index in [0.717, 1.165) is 10.2 Å². The van der Waals surface area contributed by atoms with Crippen molar-refractivity contribution in [2.75, 3.05) is 5.43 Å². The number of carbonyl (C=O) groups excluding carboxylic acids is 1. The second-order valence-corrected chi connectivity index (χ2v) is 6.28. The molecule has 0 saturated carbocycles. The molecule has 1 amide bonds. The van der Waals surface area contributed by atoms with Gasteiger partial charge in [0.2, 0.25) is 0 Å². The van der Waals surface area contributed by atoms with Crippen molar-refractivity contribution in [1.29, 1.82) is 5.26 Å². The summed E-state index contributed by atoms with van der Waals surface area (Å²) in [4.78, 5) is 39.8. The van der Waals surface area contributed by atoms with Gasteiger partial charge in [-0.25, -0.2) is 9.66 Å². The van der Waals surface area contributed by atoms with Gasteiger partial charge in [0, 0.05) is 12.1 Å². The molecule has 1 heterocycles. The second kappa shape index (κ2) is 7.74. The summed E-state index contributed by atoms with van der Waals surface area (Å²) in [6, 6.07) is 12.4. The lowest BCUT2D eigenvalue weighted by molar-refractivity contribution is -0.384. The number of fused-ring (bicyclic) bond motifs is 1. The summed E-state index contributed by atoms with van der Waals surface area (Å²) >= 11 is 0. The standard InChI is InChI=1S/C20H15N5O4/c1-12-3-8-18-17(9-12)20(27)24(13(2)22-18)23-19(26)15(11-21)10-14-4-6-16(7-5-14)25(28)29/h3-10H,1-2H3,(H,23,26)/b15-10+. The Kier molecular flexibility index (Phi) is 5.19. The van der Waals surface area contributed by atoms with Gasteiger partial charge < -0.3 is 0 Å². The lowest BCUT2D eigenvalue weighted by atomic mass is 10.1. The molecule has 1 N–H and O–H groups in total. The van der Waals surface area contributed by atoms with E-state index in [9.17, 15) is 25.0 Å². The highest BCUT2D eigenvalue weighted by molar-refractivity contribution is 6.06. The Morgan fingerprint density at radius 1 is 1.24 bits per heavy atom.